The van der Waals surface area contributed by atoms with E-state index in [4.69, 9.17) is 32.7 Å². The topological polar surface area (TPSA) is 59.2 Å². The van der Waals surface area contributed by atoms with Gasteiger partial charge in [-0.05, 0) is 18.6 Å². The summed E-state index contributed by atoms with van der Waals surface area (Å²) in [6.45, 7) is 2.25. The smallest absolute Gasteiger partial charge is 0.142 e. The number of aromatic amines is 1. The Kier molecular flexibility index (Phi) is 5.43. The molecule has 0 bridgehead atoms. The maximum absolute atomic E-state index is 6.16. The number of ether oxygens (including phenoxy) is 2. The predicted octanol–water partition coefficient (Wildman–Crippen LogP) is 3.59. The molecule has 1 aromatic carbocycles. The maximum atomic E-state index is 6.16. The number of rotatable bonds is 6. The van der Waals surface area contributed by atoms with E-state index < -0.39 is 0 Å². The fourth-order valence-corrected chi connectivity index (χ4v) is 3.61. The minimum Gasteiger partial charge on any atom is -0.495 e. The van der Waals surface area contributed by atoms with E-state index in [0.717, 1.165) is 30.7 Å². The van der Waals surface area contributed by atoms with Gasteiger partial charge in [0.25, 0.3) is 0 Å². The first-order valence-electron chi connectivity index (χ1n) is 7.52. The number of aromatic nitrogens is 2. The Bertz CT molecular complexity index is 649. The normalized spacial score (nSPS) is 20.8. The molecule has 1 saturated heterocycles. The maximum Gasteiger partial charge on any atom is 0.142 e. The molecule has 1 aromatic heterocycles. The lowest BCUT2D eigenvalue weighted by molar-refractivity contribution is 0.0904. The summed E-state index contributed by atoms with van der Waals surface area (Å²) in [5, 5.41) is 11.4. The molecule has 1 aliphatic rings. The van der Waals surface area contributed by atoms with Crippen LogP contribution in [0.1, 0.15) is 23.7 Å². The van der Waals surface area contributed by atoms with Crippen molar-refractivity contribution in [3.63, 3.8) is 0 Å². The Labute approximate surface area is 145 Å². The molecule has 0 radical (unpaired) electrons. The van der Waals surface area contributed by atoms with E-state index in [1.807, 2.05) is 18.5 Å². The number of methoxy groups -OCH3 is 1. The Hall–Kier alpha value is -1.27. The van der Waals surface area contributed by atoms with Gasteiger partial charge in [0.15, 0.2) is 0 Å². The number of nitrogens with one attached hydrogen (secondary N) is 2. The highest BCUT2D eigenvalue weighted by molar-refractivity contribution is 6.35. The SMILES string of the molecule is COc1c(Cl)cc(Cl)cc1CNC[C@H]1CCO[C@@H]1c1cn[nH]c1. The molecule has 23 heavy (non-hydrogen) atoms. The van der Waals surface area contributed by atoms with E-state index in [2.05, 4.69) is 15.5 Å². The van der Waals surface area contributed by atoms with E-state index in [9.17, 15) is 0 Å². The van der Waals surface area contributed by atoms with Gasteiger partial charge in [-0.3, -0.25) is 5.10 Å². The van der Waals surface area contributed by atoms with Crippen LogP contribution in [0, 0.1) is 5.92 Å². The van der Waals surface area contributed by atoms with Gasteiger partial charge in [-0.2, -0.15) is 5.10 Å². The summed E-state index contributed by atoms with van der Waals surface area (Å²) in [7, 11) is 1.61. The minimum atomic E-state index is 0.0890. The summed E-state index contributed by atoms with van der Waals surface area (Å²) in [5.74, 6) is 1.07. The van der Waals surface area contributed by atoms with Gasteiger partial charge in [0, 0.05) is 48.0 Å². The molecule has 3 rings (SSSR count). The Morgan fingerprint density at radius 3 is 3.04 bits per heavy atom. The first kappa shape index (κ1) is 16.6. The number of H-pyrrole nitrogens is 1. The lowest BCUT2D eigenvalue weighted by Gasteiger charge is -2.18. The van der Waals surface area contributed by atoms with Gasteiger partial charge < -0.3 is 14.8 Å². The zero-order chi connectivity index (χ0) is 16.2. The van der Waals surface area contributed by atoms with E-state index in [1.54, 1.807) is 13.2 Å². The summed E-state index contributed by atoms with van der Waals surface area (Å²) >= 11 is 12.2. The third kappa shape index (κ3) is 3.80. The number of hydrogen-bond acceptors (Lipinski definition) is 4. The van der Waals surface area contributed by atoms with Gasteiger partial charge in [-0.25, -0.2) is 0 Å². The predicted molar refractivity (Wildman–Crippen MR) is 90.1 cm³/mol. The number of benzene rings is 1. The van der Waals surface area contributed by atoms with Crippen LogP contribution >= 0.6 is 23.2 Å². The highest BCUT2D eigenvalue weighted by Crippen LogP contribution is 2.34. The van der Waals surface area contributed by atoms with Crippen molar-refractivity contribution in [3.05, 3.63) is 45.7 Å². The average molecular weight is 356 g/mol. The molecule has 124 valence electrons. The van der Waals surface area contributed by atoms with Crippen LogP contribution in [0.25, 0.3) is 0 Å². The second-order valence-corrected chi connectivity index (χ2v) is 6.43. The highest BCUT2D eigenvalue weighted by Gasteiger charge is 2.29. The third-order valence-corrected chi connectivity index (χ3v) is 4.57. The average Bonchev–Trinajstić information content (AvgIpc) is 3.17. The first-order chi connectivity index (χ1) is 11.2. The molecule has 0 aliphatic carbocycles. The molecule has 0 spiro atoms. The fourth-order valence-electron chi connectivity index (χ4n) is 2.99. The molecule has 7 heteroatoms. The summed E-state index contributed by atoms with van der Waals surface area (Å²) in [6.07, 6.45) is 4.83. The lowest BCUT2D eigenvalue weighted by Crippen LogP contribution is -2.24. The lowest BCUT2D eigenvalue weighted by atomic mass is 9.97. The van der Waals surface area contributed by atoms with E-state index >= 15 is 0 Å². The van der Waals surface area contributed by atoms with Crippen LogP contribution in [-0.4, -0.2) is 30.5 Å². The quantitative estimate of drug-likeness (QED) is 0.831. The van der Waals surface area contributed by atoms with Gasteiger partial charge in [0.2, 0.25) is 0 Å². The van der Waals surface area contributed by atoms with E-state index in [-0.39, 0.29) is 6.10 Å². The van der Waals surface area contributed by atoms with Gasteiger partial charge in [0.05, 0.1) is 24.4 Å². The molecule has 0 unspecified atom stereocenters. The molecule has 0 saturated carbocycles. The monoisotopic (exact) mass is 355 g/mol. The number of hydrogen-bond donors (Lipinski definition) is 2. The van der Waals surface area contributed by atoms with Crippen molar-refractivity contribution in [2.45, 2.75) is 19.1 Å². The fraction of sp³-hybridized carbons (Fsp3) is 0.438. The van der Waals surface area contributed by atoms with Crippen LogP contribution < -0.4 is 10.1 Å². The molecule has 2 atom stereocenters. The number of halogens is 2. The van der Waals surface area contributed by atoms with Crippen molar-refractivity contribution >= 4 is 23.2 Å². The zero-order valence-corrected chi connectivity index (χ0v) is 14.3. The molecule has 2 aromatic rings. The van der Waals surface area contributed by atoms with Gasteiger partial charge in [-0.1, -0.05) is 23.2 Å². The third-order valence-electron chi connectivity index (χ3n) is 4.07. The highest BCUT2D eigenvalue weighted by atomic mass is 35.5. The Balaban J connectivity index is 1.61. The molecule has 5 nitrogen and oxygen atoms in total. The summed E-state index contributed by atoms with van der Waals surface area (Å²) in [6, 6.07) is 3.56. The molecule has 1 fully saturated rings. The van der Waals surface area contributed by atoms with Crippen molar-refractivity contribution < 1.29 is 9.47 Å². The van der Waals surface area contributed by atoms with Crippen LogP contribution in [0.3, 0.4) is 0 Å². The van der Waals surface area contributed by atoms with Crippen molar-refractivity contribution in [3.8, 4) is 5.75 Å². The van der Waals surface area contributed by atoms with Crippen LogP contribution in [0.15, 0.2) is 24.5 Å². The van der Waals surface area contributed by atoms with E-state index in [1.165, 1.54) is 0 Å². The zero-order valence-electron chi connectivity index (χ0n) is 12.8. The van der Waals surface area contributed by atoms with Gasteiger partial charge in [-0.15, -0.1) is 0 Å². The van der Waals surface area contributed by atoms with Crippen molar-refractivity contribution in [2.24, 2.45) is 5.92 Å². The minimum absolute atomic E-state index is 0.0890. The summed E-state index contributed by atoms with van der Waals surface area (Å²) in [4.78, 5) is 0. The van der Waals surface area contributed by atoms with Crippen LogP contribution in [0.4, 0.5) is 0 Å². The summed E-state index contributed by atoms with van der Waals surface area (Å²) in [5.41, 5.74) is 2.04. The van der Waals surface area contributed by atoms with Gasteiger partial charge in [0.1, 0.15) is 5.75 Å². The van der Waals surface area contributed by atoms with Crippen molar-refractivity contribution in [2.75, 3.05) is 20.3 Å². The molecule has 0 amide bonds. The van der Waals surface area contributed by atoms with Gasteiger partial charge >= 0.3 is 0 Å². The van der Waals surface area contributed by atoms with Crippen LogP contribution in [0.2, 0.25) is 10.0 Å². The summed E-state index contributed by atoms with van der Waals surface area (Å²) < 4.78 is 11.2. The van der Waals surface area contributed by atoms with Crippen LogP contribution in [0.5, 0.6) is 5.75 Å². The second-order valence-electron chi connectivity index (χ2n) is 5.58. The molecule has 2 N–H and O–H groups in total. The van der Waals surface area contributed by atoms with Crippen molar-refractivity contribution in [1.29, 1.82) is 0 Å². The van der Waals surface area contributed by atoms with Crippen LogP contribution in [-0.2, 0) is 11.3 Å². The molecule has 2 heterocycles. The Morgan fingerprint density at radius 1 is 1.43 bits per heavy atom. The molecular formula is C16H19Cl2N3O2. The van der Waals surface area contributed by atoms with Crippen molar-refractivity contribution in [1.82, 2.24) is 15.5 Å². The Morgan fingerprint density at radius 2 is 2.30 bits per heavy atom. The van der Waals surface area contributed by atoms with E-state index in [0.29, 0.717) is 28.3 Å². The first-order valence-corrected chi connectivity index (χ1v) is 8.27. The molecular weight excluding hydrogens is 337 g/mol. The second kappa shape index (κ2) is 7.53. The number of nitrogens with zero attached hydrogens (tertiary/aromatic N) is 1. The standard InChI is InChI=1S/C16H19Cl2N3O2/c1-22-16-11(4-13(17)5-14(16)18)7-19-6-10-2-3-23-15(10)12-8-20-21-9-12/h4-5,8-10,15,19H,2-3,6-7H2,1H3,(H,20,21)/t10-,15+/m1/s1. The largest absolute Gasteiger partial charge is 0.495 e. The molecule has 1 aliphatic heterocycles.